The fourth-order valence-corrected chi connectivity index (χ4v) is 3.10. The molecule has 1 aromatic carbocycles. The van der Waals surface area contributed by atoms with Crippen molar-refractivity contribution in [2.24, 2.45) is 17.1 Å². The summed E-state index contributed by atoms with van der Waals surface area (Å²) in [5, 5.41) is 3.02. The maximum atomic E-state index is 12.6. The number of nitrogens with zero attached hydrogens (tertiary/aromatic N) is 1. The second-order valence-corrected chi connectivity index (χ2v) is 8.03. The maximum absolute atomic E-state index is 12.6. The van der Waals surface area contributed by atoms with Crippen LogP contribution in [0.15, 0.2) is 30.3 Å². The average molecular weight is 382 g/mol. The molecule has 1 fully saturated rings. The Balaban J connectivity index is 0.00000338. The predicted molar refractivity (Wildman–Crippen MR) is 107 cm³/mol. The summed E-state index contributed by atoms with van der Waals surface area (Å²) in [6.07, 6.45) is 2.34. The van der Waals surface area contributed by atoms with Crippen LogP contribution in [0.4, 0.5) is 0 Å². The summed E-state index contributed by atoms with van der Waals surface area (Å²) in [6.45, 7) is 7.83. The summed E-state index contributed by atoms with van der Waals surface area (Å²) in [5.74, 6) is 0.474. The maximum Gasteiger partial charge on any atom is 0.225 e. The van der Waals surface area contributed by atoms with Gasteiger partial charge in [-0.1, -0.05) is 51.1 Å². The topological polar surface area (TPSA) is 75.4 Å². The lowest BCUT2D eigenvalue weighted by Crippen LogP contribution is -2.45. The van der Waals surface area contributed by atoms with Gasteiger partial charge >= 0.3 is 0 Å². The average Bonchev–Trinajstić information content (AvgIpc) is 2.59. The first-order valence-corrected chi connectivity index (χ1v) is 9.14. The minimum Gasteiger partial charge on any atom is -0.355 e. The summed E-state index contributed by atoms with van der Waals surface area (Å²) in [5.41, 5.74) is 6.78. The summed E-state index contributed by atoms with van der Waals surface area (Å²) in [6, 6.07) is 9.47. The van der Waals surface area contributed by atoms with Crippen LogP contribution in [0.25, 0.3) is 0 Å². The highest BCUT2D eigenvalue weighted by Crippen LogP contribution is 2.20. The van der Waals surface area contributed by atoms with Gasteiger partial charge in [0.15, 0.2) is 0 Å². The van der Waals surface area contributed by atoms with Crippen LogP contribution in [0.2, 0.25) is 0 Å². The van der Waals surface area contributed by atoms with E-state index in [-0.39, 0.29) is 35.7 Å². The van der Waals surface area contributed by atoms with Crippen molar-refractivity contribution in [3.05, 3.63) is 35.9 Å². The van der Waals surface area contributed by atoms with Gasteiger partial charge < -0.3 is 16.0 Å². The highest BCUT2D eigenvalue weighted by atomic mass is 35.5. The molecule has 0 saturated carbocycles. The zero-order chi connectivity index (χ0) is 18.4. The van der Waals surface area contributed by atoms with Gasteiger partial charge in [0.1, 0.15) is 0 Å². The fourth-order valence-electron chi connectivity index (χ4n) is 3.10. The SMILES string of the molecule is CC(C)(C)C(=O)NCC1CCCN(C(=O)CC(N)c2ccccc2)C1.Cl. The summed E-state index contributed by atoms with van der Waals surface area (Å²) >= 11 is 0. The van der Waals surface area contributed by atoms with Crippen LogP contribution in [0.5, 0.6) is 0 Å². The number of nitrogens with one attached hydrogen (secondary N) is 1. The first kappa shape index (κ1) is 22.5. The molecule has 5 nitrogen and oxygen atoms in total. The molecule has 3 N–H and O–H groups in total. The summed E-state index contributed by atoms with van der Waals surface area (Å²) in [4.78, 5) is 26.5. The van der Waals surface area contributed by atoms with E-state index in [0.717, 1.165) is 24.9 Å². The largest absolute Gasteiger partial charge is 0.355 e. The Morgan fingerprint density at radius 1 is 1.27 bits per heavy atom. The molecule has 26 heavy (non-hydrogen) atoms. The van der Waals surface area contributed by atoms with E-state index in [2.05, 4.69) is 5.32 Å². The molecule has 1 aliphatic rings. The number of benzene rings is 1. The standard InChI is InChI=1S/C20H31N3O2.ClH/c1-20(2,3)19(25)22-13-15-8-7-11-23(14-15)18(24)12-17(21)16-9-5-4-6-10-16;/h4-6,9-10,15,17H,7-8,11-14,21H2,1-3H3,(H,22,25);1H. The van der Waals surface area contributed by atoms with E-state index in [0.29, 0.717) is 25.4 Å². The molecule has 2 unspecified atom stereocenters. The molecule has 0 aromatic heterocycles. The summed E-state index contributed by atoms with van der Waals surface area (Å²) in [7, 11) is 0. The Kier molecular flexibility index (Phi) is 8.57. The molecular weight excluding hydrogens is 350 g/mol. The molecule has 0 aliphatic carbocycles. The van der Waals surface area contributed by atoms with Crippen LogP contribution in [-0.2, 0) is 9.59 Å². The van der Waals surface area contributed by atoms with Crippen LogP contribution < -0.4 is 11.1 Å². The van der Waals surface area contributed by atoms with Gasteiger partial charge in [0.05, 0.1) is 0 Å². The lowest BCUT2D eigenvalue weighted by atomic mass is 9.93. The summed E-state index contributed by atoms with van der Waals surface area (Å²) < 4.78 is 0. The van der Waals surface area contributed by atoms with E-state index in [1.807, 2.05) is 56.0 Å². The Labute approximate surface area is 163 Å². The molecule has 0 spiro atoms. The van der Waals surface area contributed by atoms with Gasteiger partial charge in [-0.3, -0.25) is 9.59 Å². The molecule has 2 amide bonds. The van der Waals surface area contributed by atoms with Crippen molar-refractivity contribution in [3.63, 3.8) is 0 Å². The van der Waals surface area contributed by atoms with Crippen molar-refractivity contribution in [2.75, 3.05) is 19.6 Å². The van der Waals surface area contributed by atoms with Crippen molar-refractivity contribution in [1.82, 2.24) is 10.2 Å². The van der Waals surface area contributed by atoms with Crippen LogP contribution in [0.1, 0.15) is 51.6 Å². The van der Waals surface area contributed by atoms with Crippen molar-refractivity contribution >= 4 is 24.2 Å². The lowest BCUT2D eigenvalue weighted by Gasteiger charge is -2.34. The Hall–Kier alpha value is -1.59. The van der Waals surface area contributed by atoms with Gasteiger partial charge in [-0.15, -0.1) is 12.4 Å². The molecule has 6 heteroatoms. The third-order valence-corrected chi connectivity index (χ3v) is 4.73. The van der Waals surface area contributed by atoms with Crippen LogP contribution in [0.3, 0.4) is 0 Å². The van der Waals surface area contributed by atoms with Gasteiger partial charge in [-0.2, -0.15) is 0 Å². The number of hydrogen-bond acceptors (Lipinski definition) is 3. The second kappa shape index (κ2) is 9.93. The van der Waals surface area contributed by atoms with Gasteiger partial charge in [0.25, 0.3) is 0 Å². The van der Waals surface area contributed by atoms with E-state index in [1.165, 1.54) is 0 Å². The number of amides is 2. The normalized spacial score (nSPS) is 18.6. The third-order valence-electron chi connectivity index (χ3n) is 4.73. The highest BCUT2D eigenvalue weighted by molar-refractivity contribution is 5.85. The Morgan fingerprint density at radius 2 is 1.92 bits per heavy atom. The smallest absolute Gasteiger partial charge is 0.225 e. The molecule has 2 rings (SSSR count). The molecule has 1 saturated heterocycles. The molecule has 0 bridgehead atoms. The quantitative estimate of drug-likeness (QED) is 0.823. The van der Waals surface area contributed by atoms with E-state index >= 15 is 0 Å². The number of hydrogen-bond donors (Lipinski definition) is 2. The van der Waals surface area contributed by atoms with Gasteiger partial charge in [-0.05, 0) is 24.3 Å². The number of carbonyl (C=O) groups excluding carboxylic acids is 2. The zero-order valence-electron chi connectivity index (χ0n) is 16.0. The third kappa shape index (κ3) is 6.61. The predicted octanol–water partition coefficient (Wildman–Crippen LogP) is 2.90. The van der Waals surface area contributed by atoms with E-state index < -0.39 is 0 Å². The second-order valence-electron chi connectivity index (χ2n) is 8.03. The monoisotopic (exact) mass is 381 g/mol. The molecule has 1 aliphatic heterocycles. The van der Waals surface area contributed by atoms with Gasteiger partial charge in [-0.25, -0.2) is 0 Å². The molecule has 1 heterocycles. The van der Waals surface area contributed by atoms with Crippen molar-refractivity contribution in [2.45, 2.75) is 46.1 Å². The van der Waals surface area contributed by atoms with Crippen molar-refractivity contribution < 1.29 is 9.59 Å². The van der Waals surface area contributed by atoms with Gasteiger partial charge in [0.2, 0.25) is 11.8 Å². The fraction of sp³-hybridized carbons (Fsp3) is 0.600. The Bertz CT molecular complexity index is 586. The first-order chi connectivity index (χ1) is 11.8. The number of nitrogens with two attached hydrogens (primary N) is 1. The first-order valence-electron chi connectivity index (χ1n) is 9.14. The van der Waals surface area contributed by atoms with Gasteiger partial charge in [0, 0.05) is 37.5 Å². The minimum atomic E-state index is -0.382. The number of halogens is 1. The number of rotatable bonds is 5. The molecular formula is C20H32ClN3O2. The highest BCUT2D eigenvalue weighted by Gasteiger charge is 2.27. The van der Waals surface area contributed by atoms with Crippen molar-refractivity contribution in [1.29, 1.82) is 0 Å². The van der Waals surface area contributed by atoms with E-state index in [1.54, 1.807) is 0 Å². The minimum absolute atomic E-state index is 0. The number of piperidine rings is 1. The molecule has 146 valence electrons. The van der Waals surface area contributed by atoms with E-state index in [9.17, 15) is 9.59 Å². The van der Waals surface area contributed by atoms with Crippen LogP contribution in [0, 0.1) is 11.3 Å². The number of carbonyl (C=O) groups is 2. The number of likely N-dealkylation sites (tertiary alicyclic amines) is 1. The molecule has 0 radical (unpaired) electrons. The lowest BCUT2D eigenvalue weighted by molar-refractivity contribution is -0.133. The molecule has 1 aromatic rings. The zero-order valence-corrected chi connectivity index (χ0v) is 16.8. The molecule has 2 atom stereocenters. The van der Waals surface area contributed by atoms with Crippen LogP contribution in [-0.4, -0.2) is 36.3 Å². The van der Waals surface area contributed by atoms with Crippen LogP contribution >= 0.6 is 12.4 Å². The Morgan fingerprint density at radius 3 is 2.54 bits per heavy atom. The van der Waals surface area contributed by atoms with E-state index in [4.69, 9.17) is 5.73 Å². The van der Waals surface area contributed by atoms with Crippen molar-refractivity contribution in [3.8, 4) is 0 Å².